The van der Waals surface area contributed by atoms with E-state index in [1.807, 2.05) is 36.2 Å². The maximum atomic E-state index is 12.9. The zero-order valence-electron chi connectivity index (χ0n) is 15.5. The number of carbonyl (C=O) groups is 1. The van der Waals surface area contributed by atoms with Gasteiger partial charge in [-0.2, -0.15) is 0 Å². The Balaban J connectivity index is 1.50. The molecule has 0 aliphatic carbocycles. The van der Waals surface area contributed by atoms with Gasteiger partial charge in [-0.1, -0.05) is 18.2 Å². The van der Waals surface area contributed by atoms with Gasteiger partial charge in [-0.3, -0.25) is 9.78 Å². The lowest BCUT2D eigenvalue weighted by atomic mass is 9.98. The molecule has 138 valence electrons. The second-order valence-electron chi connectivity index (χ2n) is 7.09. The average molecular weight is 361 g/mol. The molecule has 1 atom stereocenters. The first-order valence-corrected chi connectivity index (χ1v) is 9.33. The Morgan fingerprint density at radius 3 is 3.04 bits per heavy atom. The van der Waals surface area contributed by atoms with Crippen molar-refractivity contribution >= 4 is 16.8 Å². The molecule has 3 aromatic rings. The molecule has 27 heavy (non-hydrogen) atoms. The van der Waals surface area contributed by atoms with E-state index in [2.05, 4.69) is 34.2 Å². The molecule has 5 heteroatoms. The van der Waals surface area contributed by atoms with Gasteiger partial charge < -0.3 is 9.64 Å². The number of benzene rings is 1. The van der Waals surface area contributed by atoms with Crippen LogP contribution in [0.1, 0.15) is 21.7 Å². The zero-order chi connectivity index (χ0) is 18.6. The summed E-state index contributed by atoms with van der Waals surface area (Å²) in [6, 6.07) is 16.0. The van der Waals surface area contributed by atoms with Crippen molar-refractivity contribution in [3.8, 4) is 0 Å². The normalized spacial score (nSPS) is 17.7. The van der Waals surface area contributed by atoms with Gasteiger partial charge in [0.05, 0.1) is 18.7 Å². The Kier molecular flexibility index (Phi) is 5.12. The van der Waals surface area contributed by atoms with Crippen molar-refractivity contribution in [2.45, 2.75) is 13.3 Å². The number of carbonyl (C=O) groups excluding carboxylic acids is 1. The average Bonchev–Trinajstić information content (AvgIpc) is 2.93. The molecular weight excluding hydrogens is 338 g/mol. The van der Waals surface area contributed by atoms with Gasteiger partial charge in [0, 0.05) is 36.3 Å². The number of aryl methyl sites for hydroxylation is 1. The number of rotatable bonds is 3. The van der Waals surface area contributed by atoms with Crippen LogP contribution in [-0.2, 0) is 11.2 Å². The van der Waals surface area contributed by atoms with Gasteiger partial charge in [0.25, 0.3) is 5.91 Å². The van der Waals surface area contributed by atoms with Crippen LogP contribution in [0.5, 0.6) is 0 Å². The van der Waals surface area contributed by atoms with E-state index in [1.165, 1.54) is 5.56 Å². The Hall–Kier alpha value is -2.79. The lowest BCUT2D eigenvalue weighted by Crippen LogP contribution is -2.37. The maximum absolute atomic E-state index is 12.9. The quantitative estimate of drug-likeness (QED) is 0.718. The third-order valence-corrected chi connectivity index (χ3v) is 4.92. The molecule has 1 aliphatic heterocycles. The minimum absolute atomic E-state index is 0.0167. The van der Waals surface area contributed by atoms with Crippen LogP contribution in [0.2, 0.25) is 0 Å². The standard InChI is InChI=1S/C22H23N3O2/c1-16-4-2-6-21(24-16)22(26)25-10-11-27-15-18(14-25)12-17-7-8-20-19(13-17)5-3-9-23-20/h2-9,13,18H,10-12,14-15H2,1H3/t18-/m0/s1. The predicted octanol–water partition coefficient (Wildman–Crippen LogP) is 3.27. The largest absolute Gasteiger partial charge is 0.379 e. The molecule has 0 spiro atoms. The van der Waals surface area contributed by atoms with Crippen LogP contribution in [0.15, 0.2) is 54.7 Å². The molecule has 1 saturated heterocycles. The molecule has 1 fully saturated rings. The molecule has 1 aliphatic rings. The fourth-order valence-electron chi connectivity index (χ4n) is 3.60. The van der Waals surface area contributed by atoms with Crippen molar-refractivity contribution in [3.05, 3.63) is 71.7 Å². The highest BCUT2D eigenvalue weighted by Gasteiger charge is 2.24. The van der Waals surface area contributed by atoms with Crippen LogP contribution in [0, 0.1) is 12.8 Å². The Morgan fingerprint density at radius 1 is 1.22 bits per heavy atom. The van der Waals surface area contributed by atoms with E-state index in [-0.39, 0.29) is 11.8 Å². The second-order valence-corrected chi connectivity index (χ2v) is 7.09. The lowest BCUT2D eigenvalue weighted by molar-refractivity contribution is 0.0731. The summed E-state index contributed by atoms with van der Waals surface area (Å²) in [6.07, 6.45) is 2.68. The molecule has 1 amide bonds. The highest BCUT2D eigenvalue weighted by molar-refractivity contribution is 5.92. The summed E-state index contributed by atoms with van der Waals surface area (Å²) in [5.74, 6) is 0.243. The molecule has 0 saturated carbocycles. The van der Waals surface area contributed by atoms with E-state index in [9.17, 15) is 4.79 Å². The van der Waals surface area contributed by atoms with Gasteiger partial charge in [0.15, 0.2) is 0 Å². The minimum Gasteiger partial charge on any atom is -0.379 e. The van der Waals surface area contributed by atoms with Crippen LogP contribution in [-0.4, -0.2) is 47.1 Å². The summed E-state index contributed by atoms with van der Waals surface area (Å²) in [7, 11) is 0. The van der Waals surface area contributed by atoms with E-state index in [4.69, 9.17) is 4.74 Å². The van der Waals surface area contributed by atoms with Crippen molar-refractivity contribution in [1.82, 2.24) is 14.9 Å². The fraction of sp³-hybridized carbons (Fsp3) is 0.318. The first-order valence-electron chi connectivity index (χ1n) is 9.33. The Morgan fingerprint density at radius 2 is 2.15 bits per heavy atom. The third-order valence-electron chi connectivity index (χ3n) is 4.92. The molecule has 1 aromatic carbocycles. The fourth-order valence-corrected chi connectivity index (χ4v) is 3.60. The number of fused-ring (bicyclic) bond motifs is 1. The van der Waals surface area contributed by atoms with Crippen LogP contribution < -0.4 is 0 Å². The molecule has 0 radical (unpaired) electrons. The molecule has 2 aromatic heterocycles. The second kappa shape index (κ2) is 7.84. The monoisotopic (exact) mass is 361 g/mol. The summed E-state index contributed by atoms with van der Waals surface area (Å²) in [6.45, 7) is 4.41. The van der Waals surface area contributed by atoms with Crippen molar-refractivity contribution in [2.75, 3.05) is 26.3 Å². The Bertz CT molecular complexity index is 957. The van der Waals surface area contributed by atoms with Crippen molar-refractivity contribution in [3.63, 3.8) is 0 Å². The van der Waals surface area contributed by atoms with Crippen molar-refractivity contribution < 1.29 is 9.53 Å². The number of pyridine rings is 2. The number of aromatic nitrogens is 2. The van der Waals surface area contributed by atoms with Gasteiger partial charge in [-0.05, 0) is 49.2 Å². The molecule has 5 nitrogen and oxygen atoms in total. The molecule has 4 rings (SSSR count). The molecule has 0 N–H and O–H groups in total. The summed E-state index contributed by atoms with van der Waals surface area (Å²) in [5, 5.41) is 1.14. The number of nitrogens with zero attached hydrogens (tertiary/aromatic N) is 3. The van der Waals surface area contributed by atoms with Gasteiger partial charge >= 0.3 is 0 Å². The zero-order valence-corrected chi connectivity index (χ0v) is 15.5. The van der Waals surface area contributed by atoms with Gasteiger partial charge in [-0.15, -0.1) is 0 Å². The van der Waals surface area contributed by atoms with Crippen molar-refractivity contribution in [2.24, 2.45) is 5.92 Å². The number of hydrogen-bond acceptors (Lipinski definition) is 4. The third kappa shape index (κ3) is 4.14. The number of ether oxygens (including phenoxy) is 1. The minimum atomic E-state index is -0.0167. The molecular formula is C22H23N3O2. The summed E-state index contributed by atoms with van der Waals surface area (Å²) >= 11 is 0. The van der Waals surface area contributed by atoms with E-state index < -0.39 is 0 Å². The van der Waals surface area contributed by atoms with Gasteiger partial charge in [0.1, 0.15) is 5.69 Å². The van der Waals surface area contributed by atoms with E-state index in [1.54, 1.807) is 6.07 Å². The van der Waals surface area contributed by atoms with Crippen LogP contribution in [0.4, 0.5) is 0 Å². The highest BCUT2D eigenvalue weighted by Crippen LogP contribution is 2.19. The topological polar surface area (TPSA) is 55.3 Å². The van der Waals surface area contributed by atoms with Gasteiger partial charge in [-0.25, -0.2) is 4.98 Å². The summed E-state index contributed by atoms with van der Waals surface area (Å²) in [5.41, 5.74) is 3.61. The number of hydrogen-bond donors (Lipinski definition) is 0. The first kappa shape index (κ1) is 17.6. The first-order chi connectivity index (χ1) is 13.2. The molecule has 0 unspecified atom stereocenters. The van der Waals surface area contributed by atoms with E-state index in [0.29, 0.717) is 32.0 Å². The van der Waals surface area contributed by atoms with E-state index in [0.717, 1.165) is 23.0 Å². The predicted molar refractivity (Wildman–Crippen MR) is 105 cm³/mol. The highest BCUT2D eigenvalue weighted by atomic mass is 16.5. The smallest absolute Gasteiger partial charge is 0.272 e. The lowest BCUT2D eigenvalue weighted by Gasteiger charge is -2.23. The van der Waals surface area contributed by atoms with Gasteiger partial charge in [0.2, 0.25) is 0 Å². The van der Waals surface area contributed by atoms with Crippen LogP contribution >= 0.6 is 0 Å². The van der Waals surface area contributed by atoms with E-state index >= 15 is 0 Å². The molecule has 3 heterocycles. The summed E-state index contributed by atoms with van der Waals surface area (Å²) in [4.78, 5) is 23.5. The van der Waals surface area contributed by atoms with Crippen LogP contribution in [0.3, 0.4) is 0 Å². The maximum Gasteiger partial charge on any atom is 0.272 e. The number of amides is 1. The molecule has 0 bridgehead atoms. The van der Waals surface area contributed by atoms with Crippen LogP contribution in [0.25, 0.3) is 10.9 Å². The van der Waals surface area contributed by atoms with Crippen molar-refractivity contribution in [1.29, 1.82) is 0 Å². The SMILES string of the molecule is Cc1cccc(C(=O)N2CCOC[C@@H](Cc3ccc4ncccc4c3)C2)n1. The Labute approximate surface area is 159 Å². The summed E-state index contributed by atoms with van der Waals surface area (Å²) < 4.78 is 5.78.